The summed E-state index contributed by atoms with van der Waals surface area (Å²) in [5.74, 6) is 0.835. The Balaban J connectivity index is 2.24. The third-order valence-corrected chi connectivity index (χ3v) is 5.09. The lowest BCUT2D eigenvalue weighted by atomic mass is 10.1. The molecule has 0 aliphatic carbocycles. The second kappa shape index (κ2) is 6.58. The van der Waals surface area contributed by atoms with E-state index in [-0.39, 0.29) is 11.9 Å². The first-order valence-corrected chi connectivity index (χ1v) is 8.14. The van der Waals surface area contributed by atoms with Gasteiger partial charge in [0.1, 0.15) is 5.75 Å². The Morgan fingerprint density at radius 3 is 2.70 bits per heavy atom. The number of methoxy groups -OCH3 is 1. The molecule has 1 aromatic heterocycles. The maximum Gasteiger partial charge on any atom is 0.254 e. The molecule has 0 N–H and O–H groups in total. The molecule has 0 aliphatic rings. The number of nitrogens with zero attached hydrogens (tertiary/aromatic N) is 1. The minimum atomic E-state index is -0.0452. The molecule has 0 saturated heterocycles. The number of halogens is 1. The van der Waals surface area contributed by atoms with Gasteiger partial charge in [0.05, 0.1) is 21.6 Å². The van der Waals surface area contributed by atoms with Gasteiger partial charge < -0.3 is 9.64 Å². The first-order valence-electron chi connectivity index (χ1n) is 6.18. The van der Waals surface area contributed by atoms with Gasteiger partial charge >= 0.3 is 0 Å². The summed E-state index contributed by atoms with van der Waals surface area (Å²) < 4.78 is 6.48. The van der Waals surface area contributed by atoms with Crippen LogP contribution in [0.25, 0.3) is 0 Å². The SMILES string of the molecule is COc1ccccc1C(C)N(C)C(=O)c1csc(I)c1. The molecule has 0 fully saturated rings. The summed E-state index contributed by atoms with van der Waals surface area (Å²) in [5, 5.41) is 1.90. The van der Waals surface area contributed by atoms with Gasteiger partial charge in [0.2, 0.25) is 0 Å². The number of rotatable bonds is 4. The van der Waals surface area contributed by atoms with Crippen molar-refractivity contribution in [1.82, 2.24) is 4.90 Å². The smallest absolute Gasteiger partial charge is 0.254 e. The van der Waals surface area contributed by atoms with Crippen molar-refractivity contribution in [1.29, 1.82) is 0 Å². The molecule has 0 spiro atoms. The third kappa shape index (κ3) is 3.15. The van der Waals surface area contributed by atoms with Crippen LogP contribution in [0.15, 0.2) is 35.7 Å². The van der Waals surface area contributed by atoms with Crippen LogP contribution < -0.4 is 4.74 Å². The molecule has 3 nitrogen and oxygen atoms in total. The molecule has 0 aliphatic heterocycles. The van der Waals surface area contributed by atoms with Gasteiger partial charge in [-0.3, -0.25) is 4.79 Å². The number of hydrogen-bond donors (Lipinski definition) is 0. The van der Waals surface area contributed by atoms with E-state index in [1.807, 2.05) is 49.7 Å². The highest BCUT2D eigenvalue weighted by Gasteiger charge is 2.21. The Kier molecular flexibility index (Phi) is 5.04. The number of carbonyl (C=O) groups is 1. The molecule has 0 saturated carbocycles. The van der Waals surface area contributed by atoms with Crippen LogP contribution in [0.1, 0.15) is 28.9 Å². The van der Waals surface area contributed by atoms with Crippen LogP contribution in [0, 0.1) is 2.88 Å². The minimum absolute atomic E-state index is 0.0302. The van der Waals surface area contributed by atoms with E-state index in [0.29, 0.717) is 0 Å². The summed E-state index contributed by atoms with van der Waals surface area (Å²) in [4.78, 5) is 14.2. The zero-order chi connectivity index (χ0) is 14.7. The number of hydrogen-bond acceptors (Lipinski definition) is 3. The van der Waals surface area contributed by atoms with Crippen molar-refractivity contribution in [2.45, 2.75) is 13.0 Å². The molecule has 0 radical (unpaired) electrons. The number of thiophene rings is 1. The third-order valence-electron chi connectivity index (χ3n) is 3.30. The minimum Gasteiger partial charge on any atom is -0.496 e. The number of ether oxygens (including phenoxy) is 1. The molecular formula is C15H16INO2S. The summed E-state index contributed by atoms with van der Waals surface area (Å²) in [6.07, 6.45) is 0. The molecule has 1 atom stereocenters. The van der Waals surface area contributed by atoms with Gasteiger partial charge in [-0.15, -0.1) is 11.3 Å². The molecule has 1 heterocycles. The quantitative estimate of drug-likeness (QED) is 0.719. The van der Waals surface area contributed by atoms with E-state index in [4.69, 9.17) is 4.74 Å². The van der Waals surface area contributed by atoms with Crippen LogP contribution in [0.5, 0.6) is 5.75 Å². The van der Waals surface area contributed by atoms with Crippen molar-refractivity contribution in [3.05, 3.63) is 49.7 Å². The average Bonchev–Trinajstić information content (AvgIpc) is 2.91. The van der Waals surface area contributed by atoms with Crippen LogP contribution in [0.3, 0.4) is 0 Å². The van der Waals surface area contributed by atoms with Crippen LogP contribution in [-0.2, 0) is 0 Å². The molecule has 2 aromatic rings. The summed E-state index contributed by atoms with van der Waals surface area (Å²) >= 11 is 3.81. The van der Waals surface area contributed by atoms with E-state index < -0.39 is 0 Å². The van der Waals surface area contributed by atoms with Crippen molar-refractivity contribution in [2.75, 3.05) is 14.2 Å². The Bertz CT molecular complexity index is 611. The lowest BCUT2D eigenvalue weighted by Gasteiger charge is -2.26. The maximum atomic E-state index is 12.5. The Morgan fingerprint density at radius 2 is 2.10 bits per heavy atom. The second-order valence-electron chi connectivity index (χ2n) is 4.47. The van der Waals surface area contributed by atoms with E-state index in [2.05, 4.69) is 22.6 Å². The van der Waals surface area contributed by atoms with Crippen molar-refractivity contribution in [2.24, 2.45) is 0 Å². The lowest BCUT2D eigenvalue weighted by Crippen LogP contribution is -2.29. The predicted octanol–water partition coefficient (Wildman–Crippen LogP) is 4.19. The first-order chi connectivity index (χ1) is 9.54. The molecule has 5 heteroatoms. The average molecular weight is 401 g/mol. The fourth-order valence-electron chi connectivity index (χ4n) is 2.02. The summed E-state index contributed by atoms with van der Waals surface area (Å²) in [5.41, 5.74) is 1.75. The Hall–Kier alpha value is -1.08. The number of para-hydroxylation sites is 1. The molecule has 2 rings (SSSR count). The molecule has 0 bridgehead atoms. The molecular weight excluding hydrogens is 385 g/mol. The van der Waals surface area contributed by atoms with E-state index >= 15 is 0 Å². The Labute approximate surface area is 136 Å². The van der Waals surface area contributed by atoms with E-state index in [9.17, 15) is 4.79 Å². The molecule has 1 amide bonds. The summed E-state index contributed by atoms with van der Waals surface area (Å²) in [6.45, 7) is 2.01. The van der Waals surface area contributed by atoms with Crippen molar-refractivity contribution >= 4 is 39.8 Å². The topological polar surface area (TPSA) is 29.5 Å². The number of amides is 1. The van der Waals surface area contributed by atoms with E-state index in [1.54, 1.807) is 23.3 Å². The lowest BCUT2D eigenvalue weighted by molar-refractivity contribution is 0.0741. The molecule has 20 heavy (non-hydrogen) atoms. The number of benzene rings is 1. The molecule has 1 unspecified atom stereocenters. The van der Waals surface area contributed by atoms with Gasteiger partial charge in [0, 0.05) is 18.0 Å². The predicted molar refractivity (Wildman–Crippen MR) is 90.5 cm³/mol. The van der Waals surface area contributed by atoms with Gasteiger partial charge in [0.15, 0.2) is 0 Å². The monoisotopic (exact) mass is 401 g/mol. The van der Waals surface area contributed by atoms with Gasteiger partial charge in [-0.2, -0.15) is 0 Å². The van der Waals surface area contributed by atoms with Gasteiger partial charge in [-0.25, -0.2) is 0 Å². The van der Waals surface area contributed by atoms with E-state index in [1.165, 1.54) is 0 Å². The van der Waals surface area contributed by atoms with Crippen molar-refractivity contribution < 1.29 is 9.53 Å². The fourth-order valence-corrected chi connectivity index (χ4v) is 3.34. The normalized spacial score (nSPS) is 12.0. The van der Waals surface area contributed by atoms with Crippen LogP contribution in [0.4, 0.5) is 0 Å². The zero-order valence-corrected chi connectivity index (χ0v) is 14.6. The summed E-state index contributed by atoms with van der Waals surface area (Å²) in [7, 11) is 3.47. The molecule has 106 valence electrons. The fraction of sp³-hybridized carbons (Fsp3) is 0.267. The first kappa shape index (κ1) is 15.3. The van der Waals surface area contributed by atoms with Gasteiger partial charge in [-0.1, -0.05) is 18.2 Å². The molecule has 1 aromatic carbocycles. The van der Waals surface area contributed by atoms with Gasteiger partial charge in [-0.05, 0) is 41.6 Å². The standard InChI is InChI=1S/C15H16INO2S/c1-10(12-6-4-5-7-13(12)19-3)17(2)15(18)11-8-14(16)20-9-11/h4-10H,1-3H3. The van der Waals surface area contributed by atoms with Crippen LogP contribution >= 0.6 is 33.9 Å². The summed E-state index contributed by atoms with van der Waals surface area (Å²) in [6, 6.07) is 9.66. The van der Waals surface area contributed by atoms with Crippen molar-refractivity contribution in [3.63, 3.8) is 0 Å². The highest BCUT2D eigenvalue weighted by atomic mass is 127. The van der Waals surface area contributed by atoms with Crippen LogP contribution in [-0.4, -0.2) is 25.0 Å². The second-order valence-corrected chi connectivity index (χ2v) is 7.28. The maximum absolute atomic E-state index is 12.5. The Morgan fingerprint density at radius 1 is 1.40 bits per heavy atom. The van der Waals surface area contributed by atoms with Crippen LogP contribution in [0.2, 0.25) is 0 Å². The van der Waals surface area contributed by atoms with E-state index in [0.717, 1.165) is 19.8 Å². The van der Waals surface area contributed by atoms with Gasteiger partial charge in [0.25, 0.3) is 5.91 Å². The highest BCUT2D eigenvalue weighted by Crippen LogP contribution is 2.29. The van der Waals surface area contributed by atoms with Crippen molar-refractivity contribution in [3.8, 4) is 5.75 Å². The largest absolute Gasteiger partial charge is 0.496 e. The number of carbonyl (C=O) groups excluding carboxylic acids is 1. The zero-order valence-electron chi connectivity index (χ0n) is 11.6. The highest BCUT2D eigenvalue weighted by molar-refractivity contribution is 14.1.